The summed E-state index contributed by atoms with van der Waals surface area (Å²) in [5, 5.41) is 0. The van der Waals surface area contributed by atoms with Crippen LogP contribution in [0.5, 0.6) is 5.75 Å². The van der Waals surface area contributed by atoms with E-state index in [0.717, 1.165) is 44.4 Å². The fourth-order valence-electron chi connectivity index (χ4n) is 4.27. The van der Waals surface area contributed by atoms with E-state index >= 15 is 0 Å². The molecule has 2 aliphatic rings. The number of rotatable bonds is 3. The van der Waals surface area contributed by atoms with Gasteiger partial charge in [-0.2, -0.15) is 0 Å². The van der Waals surface area contributed by atoms with Crippen molar-refractivity contribution in [2.75, 3.05) is 0 Å². The van der Waals surface area contributed by atoms with Gasteiger partial charge in [-0.05, 0) is 62.0 Å². The molecule has 2 N–H and O–H groups in total. The van der Waals surface area contributed by atoms with E-state index in [-0.39, 0.29) is 23.7 Å². The van der Waals surface area contributed by atoms with Crippen LogP contribution in [-0.4, -0.2) is 11.9 Å². The van der Waals surface area contributed by atoms with Crippen LogP contribution in [-0.2, 0) is 9.59 Å². The molecule has 2 fully saturated rings. The summed E-state index contributed by atoms with van der Waals surface area (Å²) >= 11 is 0. The number of hydrogen-bond donors (Lipinski definition) is 1. The van der Waals surface area contributed by atoms with Gasteiger partial charge in [-0.1, -0.05) is 58.2 Å². The van der Waals surface area contributed by atoms with Crippen molar-refractivity contribution in [3.8, 4) is 5.75 Å². The second kappa shape index (κ2) is 10.6. The minimum absolute atomic E-state index is 0.0569. The van der Waals surface area contributed by atoms with Crippen LogP contribution >= 0.6 is 0 Å². The topological polar surface area (TPSA) is 69.4 Å². The average Bonchev–Trinajstić information content (AvgIpc) is 2.69. The van der Waals surface area contributed by atoms with E-state index < -0.39 is 0 Å². The van der Waals surface area contributed by atoms with Gasteiger partial charge in [0.25, 0.3) is 0 Å². The Kier molecular flexibility index (Phi) is 8.53. The average molecular weight is 388 g/mol. The Bertz CT molecular complexity index is 606. The predicted octanol–water partition coefficient (Wildman–Crippen LogP) is 5.50. The molecule has 0 saturated heterocycles. The van der Waals surface area contributed by atoms with Crippen LogP contribution in [0.2, 0.25) is 0 Å². The standard InChI is InChI=1S/C17H24O2.C7H13NO/c1-17(2,3)14-11-9-13(10-12-14)16(18)19-15-7-5-4-6-8-15;8-7(9)6-4-2-1-3-5-6/h4-8,13-14H,9-12H2,1-3H3;6H,1-5H2,(H2,8,9). The number of primary amides is 1. The highest BCUT2D eigenvalue weighted by Crippen LogP contribution is 2.40. The molecule has 0 heterocycles. The fraction of sp³-hybridized carbons (Fsp3) is 0.667. The van der Waals surface area contributed by atoms with Gasteiger partial charge in [0.1, 0.15) is 5.75 Å². The second-order valence-corrected chi connectivity index (χ2v) is 9.39. The Morgan fingerprint density at radius 3 is 1.89 bits per heavy atom. The lowest BCUT2D eigenvalue weighted by Gasteiger charge is -2.36. The van der Waals surface area contributed by atoms with Gasteiger partial charge in [-0.25, -0.2) is 0 Å². The molecule has 0 spiro atoms. The van der Waals surface area contributed by atoms with Crippen LogP contribution in [0.25, 0.3) is 0 Å². The zero-order valence-corrected chi connectivity index (χ0v) is 17.8. The minimum Gasteiger partial charge on any atom is -0.426 e. The summed E-state index contributed by atoms with van der Waals surface area (Å²) in [5.74, 6) is 1.50. The molecule has 0 atom stereocenters. The summed E-state index contributed by atoms with van der Waals surface area (Å²) in [5.41, 5.74) is 5.48. The Balaban J connectivity index is 0.000000261. The molecule has 28 heavy (non-hydrogen) atoms. The van der Waals surface area contributed by atoms with E-state index in [2.05, 4.69) is 20.8 Å². The zero-order chi connectivity index (χ0) is 20.6. The van der Waals surface area contributed by atoms with Crippen LogP contribution in [0.3, 0.4) is 0 Å². The maximum absolute atomic E-state index is 12.1. The molecule has 0 unspecified atom stereocenters. The summed E-state index contributed by atoms with van der Waals surface area (Å²) in [6.07, 6.45) is 9.91. The van der Waals surface area contributed by atoms with Gasteiger partial charge < -0.3 is 10.5 Å². The molecular weight excluding hydrogens is 350 g/mol. The summed E-state index contributed by atoms with van der Waals surface area (Å²) in [6.45, 7) is 6.88. The first-order valence-corrected chi connectivity index (χ1v) is 10.8. The zero-order valence-electron chi connectivity index (χ0n) is 17.8. The molecule has 3 rings (SSSR count). The lowest BCUT2D eigenvalue weighted by Crippen LogP contribution is -2.30. The van der Waals surface area contributed by atoms with Gasteiger partial charge in [0, 0.05) is 5.92 Å². The molecule has 1 amide bonds. The third-order valence-electron chi connectivity index (χ3n) is 6.25. The molecular formula is C24H37NO3. The van der Waals surface area contributed by atoms with Crippen LogP contribution in [0.4, 0.5) is 0 Å². The first-order chi connectivity index (χ1) is 13.3. The van der Waals surface area contributed by atoms with E-state index in [1.807, 2.05) is 30.3 Å². The van der Waals surface area contributed by atoms with Crippen LogP contribution in [0.15, 0.2) is 30.3 Å². The number of ether oxygens (including phenoxy) is 1. The van der Waals surface area contributed by atoms with Crippen molar-refractivity contribution in [3.05, 3.63) is 30.3 Å². The predicted molar refractivity (Wildman–Crippen MR) is 113 cm³/mol. The quantitative estimate of drug-likeness (QED) is 0.550. The lowest BCUT2D eigenvalue weighted by molar-refractivity contribution is -0.140. The lowest BCUT2D eigenvalue weighted by atomic mass is 9.70. The minimum atomic E-state index is -0.102. The van der Waals surface area contributed by atoms with Gasteiger partial charge in [-0.15, -0.1) is 0 Å². The Morgan fingerprint density at radius 2 is 1.43 bits per heavy atom. The SMILES string of the molecule is CC(C)(C)C1CCC(C(=O)Oc2ccccc2)CC1.NC(=O)C1CCCCC1. The summed E-state index contributed by atoms with van der Waals surface area (Å²) < 4.78 is 5.44. The highest BCUT2D eigenvalue weighted by molar-refractivity contribution is 5.76. The van der Waals surface area contributed by atoms with E-state index in [1.54, 1.807) is 0 Å². The largest absolute Gasteiger partial charge is 0.426 e. The molecule has 4 heteroatoms. The highest BCUT2D eigenvalue weighted by atomic mass is 16.5. The van der Waals surface area contributed by atoms with Gasteiger partial charge >= 0.3 is 5.97 Å². The molecule has 1 aromatic rings. The van der Waals surface area contributed by atoms with E-state index in [1.165, 1.54) is 19.3 Å². The van der Waals surface area contributed by atoms with Crippen LogP contribution < -0.4 is 10.5 Å². The van der Waals surface area contributed by atoms with Crippen molar-refractivity contribution in [2.45, 2.75) is 78.6 Å². The second-order valence-electron chi connectivity index (χ2n) is 9.39. The monoisotopic (exact) mass is 387 g/mol. The molecule has 1 aromatic carbocycles. The number of hydrogen-bond acceptors (Lipinski definition) is 3. The molecule has 0 aromatic heterocycles. The third kappa shape index (κ3) is 7.29. The Labute approximate surface area is 170 Å². The van der Waals surface area contributed by atoms with E-state index in [9.17, 15) is 9.59 Å². The van der Waals surface area contributed by atoms with Crippen LogP contribution in [0, 0.1) is 23.2 Å². The van der Waals surface area contributed by atoms with Gasteiger partial charge in [-0.3, -0.25) is 9.59 Å². The number of carbonyl (C=O) groups excluding carboxylic acids is 2. The van der Waals surface area contributed by atoms with Crippen molar-refractivity contribution in [3.63, 3.8) is 0 Å². The van der Waals surface area contributed by atoms with E-state index in [0.29, 0.717) is 11.2 Å². The van der Waals surface area contributed by atoms with Crippen molar-refractivity contribution < 1.29 is 14.3 Å². The number of benzene rings is 1. The van der Waals surface area contributed by atoms with Crippen molar-refractivity contribution in [1.29, 1.82) is 0 Å². The van der Waals surface area contributed by atoms with Gasteiger partial charge in [0.15, 0.2) is 0 Å². The molecule has 0 radical (unpaired) electrons. The summed E-state index contributed by atoms with van der Waals surface area (Å²) in [4.78, 5) is 22.7. The molecule has 4 nitrogen and oxygen atoms in total. The summed E-state index contributed by atoms with van der Waals surface area (Å²) in [6, 6.07) is 9.36. The van der Waals surface area contributed by atoms with Crippen molar-refractivity contribution >= 4 is 11.9 Å². The molecule has 2 aliphatic carbocycles. The Hall–Kier alpha value is -1.84. The highest BCUT2D eigenvalue weighted by Gasteiger charge is 2.33. The van der Waals surface area contributed by atoms with Crippen molar-refractivity contribution in [2.24, 2.45) is 28.9 Å². The number of amides is 1. The van der Waals surface area contributed by atoms with Gasteiger partial charge in [0.2, 0.25) is 5.91 Å². The first kappa shape index (κ1) is 22.4. The molecule has 0 aliphatic heterocycles. The van der Waals surface area contributed by atoms with E-state index in [4.69, 9.17) is 10.5 Å². The molecule has 2 saturated carbocycles. The summed E-state index contributed by atoms with van der Waals surface area (Å²) in [7, 11) is 0. The Morgan fingerprint density at radius 1 is 0.857 bits per heavy atom. The maximum atomic E-state index is 12.1. The number of carbonyl (C=O) groups is 2. The fourth-order valence-corrected chi connectivity index (χ4v) is 4.27. The molecule has 0 bridgehead atoms. The maximum Gasteiger partial charge on any atom is 0.314 e. The smallest absolute Gasteiger partial charge is 0.314 e. The van der Waals surface area contributed by atoms with Gasteiger partial charge in [0.05, 0.1) is 5.92 Å². The van der Waals surface area contributed by atoms with Crippen LogP contribution in [0.1, 0.15) is 78.6 Å². The third-order valence-corrected chi connectivity index (χ3v) is 6.25. The molecule has 156 valence electrons. The number of esters is 1. The normalized spacial score (nSPS) is 23.2. The number of nitrogens with two attached hydrogens (primary N) is 1. The van der Waals surface area contributed by atoms with Crippen molar-refractivity contribution in [1.82, 2.24) is 0 Å². The first-order valence-electron chi connectivity index (χ1n) is 10.8. The number of para-hydroxylation sites is 1.